The van der Waals surface area contributed by atoms with Gasteiger partial charge in [0, 0.05) is 18.5 Å². The summed E-state index contributed by atoms with van der Waals surface area (Å²) in [7, 11) is 0. The Kier molecular flexibility index (Phi) is 5.61. The maximum Gasteiger partial charge on any atom is 0.325 e. The number of carbonyl (C=O) groups excluding carboxylic acids is 3. The Labute approximate surface area is 195 Å². The summed E-state index contributed by atoms with van der Waals surface area (Å²) in [5, 5.41) is 10.9. The van der Waals surface area contributed by atoms with E-state index in [0.717, 1.165) is 12.8 Å². The normalized spacial score (nSPS) is 16.9. The molecule has 9 heteroatoms. The minimum absolute atomic E-state index is 0.138. The van der Waals surface area contributed by atoms with Crippen LogP contribution in [0.15, 0.2) is 59.4 Å². The molecule has 0 radical (unpaired) electrons. The number of benzene rings is 2. The highest BCUT2D eigenvalue weighted by Crippen LogP contribution is 2.35. The van der Waals surface area contributed by atoms with Gasteiger partial charge in [0.2, 0.25) is 0 Å². The summed E-state index contributed by atoms with van der Waals surface area (Å²) in [4.78, 5) is 52.3. The third-order valence-corrected chi connectivity index (χ3v) is 6.57. The number of carbonyl (C=O) groups is 3. The molecular weight excluding hydrogens is 434 g/mol. The van der Waals surface area contributed by atoms with Gasteiger partial charge in [-0.15, -0.1) is 0 Å². The van der Waals surface area contributed by atoms with E-state index in [9.17, 15) is 19.2 Å². The summed E-state index contributed by atoms with van der Waals surface area (Å²) in [6, 6.07) is 15.4. The average molecular weight is 460 g/mol. The number of hydrogen-bond donors (Lipinski definition) is 2. The van der Waals surface area contributed by atoms with Crippen LogP contribution in [0.4, 0.5) is 4.79 Å². The minimum atomic E-state index is -0.728. The molecule has 1 aromatic heterocycles. The van der Waals surface area contributed by atoms with E-state index in [2.05, 4.69) is 15.7 Å². The van der Waals surface area contributed by atoms with Gasteiger partial charge in [0.15, 0.2) is 5.69 Å². The highest BCUT2D eigenvalue weighted by molar-refractivity contribution is 6.07. The average Bonchev–Trinajstić information content (AvgIpc) is 3.42. The standard InChI is InChI=1S/C25H25N5O4/c31-21(26-15-8-16-29-23(33)25(27-24(29)34)13-6-7-14-25)20-18-11-4-5-12-19(18)22(32)30(28-20)17-9-2-1-3-10-17/h1-5,9-12H,6-8,13-16H2,(H,26,31)(H,27,34). The van der Waals surface area contributed by atoms with Crippen LogP contribution >= 0.6 is 0 Å². The summed E-state index contributed by atoms with van der Waals surface area (Å²) < 4.78 is 1.23. The fourth-order valence-electron chi connectivity index (χ4n) is 4.82. The molecule has 34 heavy (non-hydrogen) atoms. The van der Waals surface area contributed by atoms with Crippen LogP contribution in [0.5, 0.6) is 0 Å². The van der Waals surface area contributed by atoms with Gasteiger partial charge in [-0.25, -0.2) is 4.79 Å². The first-order chi connectivity index (χ1) is 16.5. The van der Waals surface area contributed by atoms with Crippen LogP contribution in [-0.2, 0) is 4.79 Å². The topological polar surface area (TPSA) is 113 Å². The van der Waals surface area contributed by atoms with Crippen molar-refractivity contribution in [2.24, 2.45) is 0 Å². The van der Waals surface area contributed by atoms with Crippen molar-refractivity contribution < 1.29 is 14.4 Å². The third kappa shape index (κ3) is 3.72. The number of urea groups is 1. The molecule has 3 aromatic rings. The summed E-state index contributed by atoms with van der Waals surface area (Å²) in [6.07, 6.45) is 3.64. The Morgan fingerprint density at radius 3 is 2.38 bits per heavy atom. The van der Waals surface area contributed by atoms with Crippen LogP contribution in [0.2, 0.25) is 0 Å². The second-order valence-electron chi connectivity index (χ2n) is 8.73. The van der Waals surface area contributed by atoms with E-state index in [4.69, 9.17) is 0 Å². The highest BCUT2D eigenvalue weighted by Gasteiger charge is 2.51. The first kappa shape index (κ1) is 21.8. The zero-order chi connectivity index (χ0) is 23.7. The van der Waals surface area contributed by atoms with Gasteiger partial charge in [0.1, 0.15) is 5.54 Å². The molecule has 2 heterocycles. The number of rotatable bonds is 6. The van der Waals surface area contributed by atoms with E-state index in [1.54, 1.807) is 48.5 Å². The number of nitrogens with one attached hydrogen (secondary N) is 2. The Morgan fingerprint density at radius 2 is 1.65 bits per heavy atom. The van der Waals surface area contributed by atoms with Crippen LogP contribution in [0.25, 0.3) is 16.5 Å². The lowest BCUT2D eigenvalue weighted by molar-refractivity contribution is -0.131. The van der Waals surface area contributed by atoms with Gasteiger partial charge in [-0.1, -0.05) is 49.2 Å². The highest BCUT2D eigenvalue weighted by atomic mass is 16.2. The molecule has 1 aliphatic carbocycles. The van der Waals surface area contributed by atoms with Gasteiger partial charge in [0.05, 0.1) is 11.1 Å². The van der Waals surface area contributed by atoms with Gasteiger partial charge >= 0.3 is 6.03 Å². The zero-order valence-corrected chi connectivity index (χ0v) is 18.6. The predicted molar refractivity (Wildman–Crippen MR) is 126 cm³/mol. The Hall–Kier alpha value is -4.01. The third-order valence-electron chi connectivity index (χ3n) is 6.57. The molecule has 9 nitrogen and oxygen atoms in total. The van der Waals surface area contributed by atoms with Gasteiger partial charge < -0.3 is 10.6 Å². The number of hydrogen-bond acceptors (Lipinski definition) is 5. The summed E-state index contributed by atoms with van der Waals surface area (Å²) in [5.41, 5.74) is -0.336. The number of aromatic nitrogens is 2. The molecule has 0 unspecified atom stereocenters. The molecule has 2 aromatic carbocycles. The smallest absolute Gasteiger partial charge is 0.325 e. The van der Waals surface area contributed by atoms with Gasteiger partial charge in [-0.2, -0.15) is 9.78 Å². The lowest BCUT2D eigenvalue weighted by Gasteiger charge is -2.20. The Bertz CT molecular complexity index is 1330. The van der Waals surface area contributed by atoms with E-state index < -0.39 is 11.4 Å². The number of imide groups is 1. The fraction of sp³-hybridized carbons (Fsp3) is 0.320. The molecule has 1 aliphatic heterocycles. The number of amides is 4. The Morgan fingerprint density at radius 1 is 0.971 bits per heavy atom. The molecular formula is C25H25N5O4. The van der Waals surface area contributed by atoms with Gasteiger partial charge in [0.25, 0.3) is 17.4 Å². The van der Waals surface area contributed by atoms with Crippen molar-refractivity contribution in [2.75, 3.05) is 13.1 Å². The van der Waals surface area contributed by atoms with Crippen molar-refractivity contribution in [3.05, 3.63) is 70.6 Å². The second kappa shape index (κ2) is 8.74. The quantitative estimate of drug-likeness (QED) is 0.434. The van der Waals surface area contributed by atoms with Crippen LogP contribution in [0, 0.1) is 0 Å². The first-order valence-electron chi connectivity index (χ1n) is 11.5. The van der Waals surface area contributed by atoms with E-state index >= 15 is 0 Å². The second-order valence-corrected chi connectivity index (χ2v) is 8.73. The lowest BCUT2D eigenvalue weighted by Crippen LogP contribution is -2.44. The molecule has 1 saturated heterocycles. The first-order valence-corrected chi connectivity index (χ1v) is 11.5. The monoisotopic (exact) mass is 459 g/mol. The number of fused-ring (bicyclic) bond motifs is 1. The van der Waals surface area contributed by atoms with E-state index in [1.807, 2.05) is 6.07 Å². The molecule has 2 aliphatic rings. The Balaban J connectivity index is 1.31. The van der Waals surface area contributed by atoms with E-state index in [1.165, 1.54) is 9.58 Å². The molecule has 2 fully saturated rings. The van der Waals surface area contributed by atoms with Crippen LogP contribution in [0.1, 0.15) is 42.6 Å². The summed E-state index contributed by atoms with van der Waals surface area (Å²) in [6.45, 7) is 0.480. The van der Waals surface area contributed by atoms with Crippen molar-refractivity contribution in [3.8, 4) is 5.69 Å². The predicted octanol–water partition coefficient (Wildman–Crippen LogP) is 2.37. The minimum Gasteiger partial charge on any atom is -0.351 e. The summed E-state index contributed by atoms with van der Waals surface area (Å²) >= 11 is 0. The maximum absolute atomic E-state index is 13.0. The van der Waals surface area contributed by atoms with Crippen molar-refractivity contribution in [2.45, 2.75) is 37.6 Å². The van der Waals surface area contributed by atoms with Crippen molar-refractivity contribution in [3.63, 3.8) is 0 Å². The molecule has 0 atom stereocenters. The number of nitrogens with zero attached hydrogens (tertiary/aromatic N) is 3. The fourth-order valence-corrected chi connectivity index (χ4v) is 4.82. The largest absolute Gasteiger partial charge is 0.351 e. The van der Waals surface area contributed by atoms with Crippen molar-refractivity contribution >= 4 is 28.6 Å². The number of para-hydroxylation sites is 1. The molecule has 1 spiro atoms. The van der Waals surface area contributed by atoms with E-state index in [-0.39, 0.29) is 36.3 Å². The summed E-state index contributed by atoms with van der Waals surface area (Å²) in [5.74, 6) is -0.589. The van der Waals surface area contributed by atoms with Gasteiger partial charge in [-0.05, 0) is 37.5 Å². The lowest BCUT2D eigenvalue weighted by atomic mass is 9.98. The van der Waals surface area contributed by atoms with Crippen LogP contribution in [0.3, 0.4) is 0 Å². The van der Waals surface area contributed by atoms with Crippen LogP contribution in [-0.4, -0.2) is 51.2 Å². The molecule has 0 bridgehead atoms. The van der Waals surface area contributed by atoms with Gasteiger partial charge in [-0.3, -0.25) is 19.3 Å². The van der Waals surface area contributed by atoms with Crippen LogP contribution < -0.4 is 16.2 Å². The molecule has 4 amide bonds. The van der Waals surface area contributed by atoms with E-state index in [0.29, 0.717) is 35.7 Å². The maximum atomic E-state index is 13.0. The molecule has 1 saturated carbocycles. The zero-order valence-electron chi connectivity index (χ0n) is 18.6. The molecule has 2 N–H and O–H groups in total. The SMILES string of the molecule is O=C(NCCCN1C(=O)NC2(CCCC2)C1=O)c1nn(-c2ccccc2)c(=O)c2ccccc12. The van der Waals surface area contributed by atoms with Crippen molar-refractivity contribution in [1.82, 2.24) is 25.3 Å². The van der Waals surface area contributed by atoms with Crippen molar-refractivity contribution in [1.29, 1.82) is 0 Å². The molecule has 174 valence electrons. The molecule has 5 rings (SSSR count).